The highest BCUT2D eigenvalue weighted by atomic mass is 15.0. The molecule has 1 unspecified atom stereocenters. The van der Waals surface area contributed by atoms with Crippen molar-refractivity contribution in [3.63, 3.8) is 0 Å². The van der Waals surface area contributed by atoms with Gasteiger partial charge in [-0.05, 0) is 35.4 Å². The fourth-order valence-corrected chi connectivity index (χ4v) is 2.67. The molecule has 0 saturated carbocycles. The summed E-state index contributed by atoms with van der Waals surface area (Å²) in [5.41, 5.74) is 1.37. The van der Waals surface area contributed by atoms with E-state index >= 15 is 0 Å². The first kappa shape index (κ1) is 12.9. The maximum Gasteiger partial charge on any atom is 0.0345 e. The van der Waals surface area contributed by atoms with Crippen molar-refractivity contribution >= 4 is 10.8 Å². The van der Waals surface area contributed by atoms with E-state index in [4.69, 9.17) is 0 Å². The molecule has 0 saturated heterocycles. The summed E-state index contributed by atoms with van der Waals surface area (Å²) >= 11 is 0. The smallest absolute Gasteiger partial charge is 0.0345 e. The number of rotatable bonds is 5. The second kappa shape index (κ2) is 5.93. The fourth-order valence-electron chi connectivity index (χ4n) is 2.67. The van der Waals surface area contributed by atoms with Crippen molar-refractivity contribution in [2.45, 2.75) is 19.5 Å². The average molecular weight is 264 g/mol. The van der Waals surface area contributed by atoms with Crippen molar-refractivity contribution in [2.24, 2.45) is 0 Å². The summed E-state index contributed by atoms with van der Waals surface area (Å²) < 4.78 is 2.20. The molecular formula is C18H20N2. The van der Waals surface area contributed by atoms with Gasteiger partial charge in [0.15, 0.2) is 0 Å². The van der Waals surface area contributed by atoms with Gasteiger partial charge in [0.05, 0.1) is 0 Å². The Balaban J connectivity index is 1.70. The monoisotopic (exact) mass is 264 g/mol. The summed E-state index contributed by atoms with van der Waals surface area (Å²) in [7, 11) is 0. The minimum atomic E-state index is 0.358. The molecule has 0 fully saturated rings. The van der Waals surface area contributed by atoms with E-state index in [1.165, 1.54) is 16.3 Å². The van der Waals surface area contributed by atoms with Crippen LogP contribution in [0.1, 0.15) is 18.5 Å². The molecule has 0 aliphatic heterocycles. The topological polar surface area (TPSA) is 17.0 Å². The maximum atomic E-state index is 3.61. The molecule has 0 bridgehead atoms. The minimum Gasteiger partial charge on any atom is -0.353 e. The van der Waals surface area contributed by atoms with Gasteiger partial charge in [0, 0.05) is 31.5 Å². The van der Waals surface area contributed by atoms with E-state index in [0.29, 0.717) is 6.04 Å². The SMILES string of the molecule is CC(NCCn1cccc1)c1cccc2ccccc12. The molecule has 102 valence electrons. The summed E-state index contributed by atoms with van der Waals surface area (Å²) in [6, 6.07) is 19.6. The molecule has 0 aliphatic carbocycles. The molecule has 3 aromatic rings. The molecule has 1 aromatic heterocycles. The third-order valence-corrected chi connectivity index (χ3v) is 3.78. The van der Waals surface area contributed by atoms with E-state index in [1.54, 1.807) is 0 Å². The predicted molar refractivity (Wildman–Crippen MR) is 84.8 cm³/mol. The molecule has 1 N–H and O–H groups in total. The first-order valence-electron chi connectivity index (χ1n) is 7.16. The first-order chi connectivity index (χ1) is 9.84. The van der Waals surface area contributed by atoms with Gasteiger partial charge in [-0.3, -0.25) is 0 Å². The van der Waals surface area contributed by atoms with Crippen molar-refractivity contribution < 1.29 is 0 Å². The van der Waals surface area contributed by atoms with Gasteiger partial charge >= 0.3 is 0 Å². The Bertz CT molecular complexity index is 665. The lowest BCUT2D eigenvalue weighted by atomic mass is 10.00. The minimum absolute atomic E-state index is 0.358. The van der Waals surface area contributed by atoms with Crippen LogP contribution in [0.2, 0.25) is 0 Å². The van der Waals surface area contributed by atoms with Gasteiger partial charge in [0.2, 0.25) is 0 Å². The third-order valence-electron chi connectivity index (χ3n) is 3.78. The van der Waals surface area contributed by atoms with Gasteiger partial charge in [0.1, 0.15) is 0 Å². The maximum absolute atomic E-state index is 3.61. The molecule has 1 heterocycles. The van der Waals surface area contributed by atoms with Crippen LogP contribution in [0.4, 0.5) is 0 Å². The van der Waals surface area contributed by atoms with E-state index in [1.807, 2.05) is 0 Å². The summed E-state index contributed by atoms with van der Waals surface area (Å²) in [4.78, 5) is 0. The van der Waals surface area contributed by atoms with Crippen molar-refractivity contribution in [2.75, 3.05) is 6.54 Å². The Hall–Kier alpha value is -2.06. The number of hydrogen-bond donors (Lipinski definition) is 1. The molecule has 0 spiro atoms. The molecule has 1 atom stereocenters. The Kier molecular flexibility index (Phi) is 3.84. The van der Waals surface area contributed by atoms with Crippen LogP contribution in [0, 0.1) is 0 Å². The average Bonchev–Trinajstić information content (AvgIpc) is 3.00. The number of benzene rings is 2. The van der Waals surface area contributed by atoms with Crippen LogP contribution in [0.15, 0.2) is 67.0 Å². The fraction of sp³-hybridized carbons (Fsp3) is 0.222. The molecule has 2 nitrogen and oxygen atoms in total. The van der Waals surface area contributed by atoms with Gasteiger partial charge in [-0.1, -0.05) is 42.5 Å². The van der Waals surface area contributed by atoms with Crippen LogP contribution < -0.4 is 5.32 Å². The van der Waals surface area contributed by atoms with E-state index in [2.05, 4.69) is 83.8 Å². The van der Waals surface area contributed by atoms with Crippen molar-refractivity contribution in [3.05, 3.63) is 72.6 Å². The lowest BCUT2D eigenvalue weighted by Crippen LogP contribution is -2.23. The molecular weight excluding hydrogens is 244 g/mol. The van der Waals surface area contributed by atoms with Gasteiger partial charge < -0.3 is 9.88 Å². The molecule has 0 aliphatic rings. The lowest BCUT2D eigenvalue weighted by Gasteiger charge is -2.17. The molecule has 2 aromatic carbocycles. The molecule has 0 amide bonds. The Labute approximate surface area is 120 Å². The molecule has 2 heteroatoms. The van der Waals surface area contributed by atoms with Crippen LogP contribution in [-0.4, -0.2) is 11.1 Å². The van der Waals surface area contributed by atoms with E-state index < -0.39 is 0 Å². The van der Waals surface area contributed by atoms with Gasteiger partial charge in [-0.2, -0.15) is 0 Å². The summed E-state index contributed by atoms with van der Waals surface area (Å²) in [5.74, 6) is 0. The van der Waals surface area contributed by atoms with E-state index in [-0.39, 0.29) is 0 Å². The van der Waals surface area contributed by atoms with Gasteiger partial charge in [-0.15, -0.1) is 0 Å². The number of hydrogen-bond acceptors (Lipinski definition) is 1. The molecule has 0 radical (unpaired) electrons. The largest absolute Gasteiger partial charge is 0.353 e. The Morgan fingerprint density at radius 3 is 2.55 bits per heavy atom. The number of nitrogens with zero attached hydrogens (tertiary/aromatic N) is 1. The van der Waals surface area contributed by atoms with E-state index in [0.717, 1.165) is 13.1 Å². The van der Waals surface area contributed by atoms with E-state index in [9.17, 15) is 0 Å². The van der Waals surface area contributed by atoms with Crippen LogP contribution in [0.25, 0.3) is 10.8 Å². The molecule has 20 heavy (non-hydrogen) atoms. The Morgan fingerprint density at radius 2 is 1.70 bits per heavy atom. The summed E-state index contributed by atoms with van der Waals surface area (Å²) in [6.07, 6.45) is 4.20. The highest BCUT2D eigenvalue weighted by Crippen LogP contribution is 2.23. The third kappa shape index (κ3) is 2.75. The quantitative estimate of drug-likeness (QED) is 0.737. The highest BCUT2D eigenvalue weighted by molar-refractivity contribution is 5.86. The summed E-state index contributed by atoms with van der Waals surface area (Å²) in [5, 5.41) is 6.26. The highest BCUT2D eigenvalue weighted by Gasteiger charge is 2.07. The van der Waals surface area contributed by atoms with Gasteiger partial charge in [-0.25, -0.2) is 0 Å². The van der Waals surface area contributed by atoms with Crippen molar-refractivity contribution in [1.82, 2.24) is 9.88 Å². The second-order valence-electron chi connectivity index (χ2n) is 5.17. The Morgan fingerprint density at radius 1 is 0.950 bits per heavy atom. The van der Waals surface area contributed by atoms with Crippen LogP contribution in [-0.2, 0) is 6.54 Å². The first-order valence-corrected chi connectivity index (χ1v) is 7.16. The zero-order valence-corrected chi connectivity index (χ0v) is 11.8. The van der Waals surface area contributed by atoms with Gasteiger partial charge in [0.25, 0.3) is 0 Å². The van der Waals surface area contributed by atoms with Crippen molar-refractivity contribution in [3.8, 4) is 0 Å². The van der Waals surface area contributed by atoms with Crippen LogP contribution in [0.5, 0.6) is 0 Å². The molecule has 3 rings (SSSR count). The number of fused-ring (bicyclic) bond motifs is 1. The predicted octanol–water partition coefficient (Wildman–Crippen LogP) is 3.99. The second-order valence-corrected chi connectivity index (χ2v) is 5.17. The lowest BCUT2D eigenvalue weighted by molar-refractivity contribution is 0.534. The zero-order chi connectivity index (χ0) is 13.8. The van der Waals surface area contributed by atoms with Crippen LogP contribution in [0.3, 0.4) is 0 Å². The standard InChI is InChI=1S/C18H20N2/c1-15(19-11-14-20-12-4-5-13-20)17-10-6-8-16-7-2-3-9-18(16)17/h2-10,12-13,15,19H,11,14H2,1H3. The van der Waals surface area contributed by atoms with Crippen LogP contribution >= 0.6 is 0 Å². The van der Waals surface area contributed by atoms with Crippen molar-refractivity contribution in [1.29, 1.82) is 0 Å². The normalized spacial score (nSPS) is 12.7. The summed E-state index contributed by atoms with van der Waals surface area (Å²) in [6.45, 7) is 4.21. The number of aromatic nitrogens is 1. The number of nitrogens with one attached hydrogen (secondary N) is 1. The zero-order valence-electron chi connectivity index (χ0n) is 11.8.